The van der Waals surface area contributed by atoms with E-state index in [0.717, 1.165) is 28.9 Å². The first-order valence-electron chi connectivity index (χ1n) is 10.3. The molecular formula is C23H24ClN3O4. The number of hydrogen-bond donors (Lipinski definition) is 1. The first-order chi connectivity index (χ1) is 14.9. The van der Waals surface area contributed by atoms with E-state index in [9.17, 15) is 14.4 Å². The number of hydrogen-bond acceptors (Lipinski definition) is 4. The lowest BCUT2D eigenvalue weighted by Crippen LogP contribution is -2.47. The van der Waals surface area contributed by atoms with Gasteiger partial charge >= 0.3 is 6.03 Å². The summed E-state index contributed by atoms with van der Waals surface area (Å²) in [7, 11) is 1.62. The number of imide groups is 1. The maximum atomic E-state index is 13.3. The molecule has 8 heteroatoms. The molecule has 0 bridgehead atoms. The number of urea groups is 1. The third kappa shape index (κ3) is 4.10. The zero-order chi connectivity index (χ0) is 22.0. The molecule has 2 aromatic rings. The number of benzene rings is 2. The molecule has 2 aliphatic rings. The third-order valence-corrected chi connectivity index (χ3v) is 6.10. The third-order valence-electron chi connectivity index (χ3n) is 5.86. The van der Waals surface area contributed by atoms with Crippen molar-refractivity contribution in [3.8, 4) is 5.75 Å². The van der Waals surface area contributed by atoms with Crippen molar-refractivity contribution in [2.24, 2.45) is 0 Å². The van der Waals surface area contributed by atoms with Crippen LogP contribution in [0.2, 0.25) is 5.02 Å². The van der Waals surface area contributed by atoms with E-state index < -0.39 is 11.6 Å². The maximum Gasteiger partial charge on any atom is 0.325 e. The van der Waals surface area contributed by atoms with Gasteiger partial charge in [0, 0.05) is 12.1 Å². The summed E-state index contributed by atoms with van der Waals surface area (Å²) in [6.07, 6.45) is 2.20. The predicted molar refractivity (Wildman–Crippen MR) is 116 cm³/mol. The number of nitrogens with one attached hydrogen (secondary N) is 1. The highest BCUT2D eigenvalue weighted by atomic mass is 35.5. The van der Waals surface area contributed by atoms with Crippen molar-refractivity contribution < 1.29 is 19.1 Å². The van der Waals surface area contributed by atoms with Crippen LogP contribution < -0.4 is 10.1 Å². The SMILES string of the molecule is CN(CCOc1cccc(Cl)c1)C(=O)CN1C(=O)NC2(CCCc3ccccc32)C1=O. The van der Waals surface area contributed by atoms with Gasteiger partial charge in [-0.1, -0.05) is 41.9 Å². The molecule has 0 radical (unpaired) electrons. The minimum absolute atomic E-state index is 0.264. The molecule has 4 amide bonds. The molecule has 4 rings (SSSR count). The van der Waals surface area contributed by atoms with Crippen LogP contribution in [-0.4, -0.2) is 54.4 Å². The van der Waals surface area contributed by atoms with E-state index in [1.807, 2.05) is 24.3 Å². The number of carbonyl (C=O) groups is 3. The molecule has 7 nitrogen and oxygen atoms in total. The van der Waals surface area contributed by atoms with Gasteiger partial charge in [0.1, 0.15) is 24.4 Å². The van der Waals surface area contributed by atoms with E-state index in [4.69, 9.17) is 16.3 Å². The van der Waals surface area contributed by atoms with Crippen LogP contribution in [0.4, 0.5) is 4.79 Å². The first-order valence-corrected chi connectivity index (χ1v) is 10.6. The standard InChI is InChI=1S/C23H24ClN3O4/c1-26(12-13-31-18-9-4-8-17(24)14-18)20(28)15-27-21(29)23(25-22(27)30)11-5-7-16-6-2-3-10-19(16)23/h2-4,6,8-10,14H,5,7,11-13,15H2,1H3,(H,25,30). The Morgan fingerprint density at radius 2 is 2.03 bits per heavy atom. The van der Waals surface area contributed by atoms with Gasteiger partial charge in [0.25, 0.3) is 5.91 Å². The monoisotopic (exact) mass is 441 g/mol. The number of ether oxygens (including phenoxy) is 1. The quantitative estimate of drug-likeness (QED) is 0.699. The number of fused-ring (bicyclic) bond motifs is 2. The van der Waals surface area contributed by atoms with E-state index in [0.29, 0.717) is 23.7 Å². The normalized spacial score (nSPS) is 19.9. The van der Waals surface area contributed by atoms with Crippen molar-refractivity contribution in [3.63, 3.8) is 0 Å². The highest BCUT2D eigenvalue weighted by Crippen LogP contribution is 2.39. The first kappa shape index (κ1) is 21.2. The van der Waals surface area contributed by atoms with Crippen LogP contribution in [0.3, 0.4) is 0 Å². The van der Waals surface area contributed by atoms with Crippen LogP contribution >= 0.6 is 11.6 Å². The van der Waals surface area contributed by atoms with Crippen LogP contribution in [0.1, 0.15) is 24.0 Å². The molecule has 162 valence electrons. The zero-order valence-corrected chi connectivity index (χ0v) is 18.0. The second-order valence-electron chi connectivity index (χ2n) is 7.86. The Morgan fingerprint density at radius 1 is 1.23 bits per heavy atom. The summed E-state index contributed by atoms with van der Waals surface area (Å²) < 4.78 is 5.61. The molecule has 1 spiro atoms. The lowest BCUT2D eigenvalue weighted by molar-refractivity contribution is -0.139. The van der Waals surface area contributed by atoms with Gasteiger partial charge in [0.05, 0.1) is 6.54 Å². The number of likely N-dealkylation sites (N-methyl/N-ethyl adjacent to an activating group) is 1. The molecule has 0 saturated carbocycles. The van der Waals surface area contributed by atoms with E-state index in [1.165, 1.54) is 4.90 Å². The van der Waals surface area contributed by atoms with Gasteiger partial charge < -0.3 is 15.0 Å². The second-order valence-corrected chi connectivity index (χ2v) is 8.30. The summed E-state index contributed by atoms with van der Waals surface area (Å²) in [6, 6.07) is 14.1. The Hall–Kier alpha value is -3.06. The molecule has 1 saturated heterocycles. The fraction of sp³-hybridized carbons (Fsp3) is 0.348. The number of carbonyl (C=O) groups excluding carboxylic acids is 3. The van der Waals surface area contributed by atoms with Crippen molar-refractivity contribution in [2.75, 3.05) is 26.7 Å². The van der Waals surface area contributed by atoms with Gasteiger partial charge in [-0.15, -0.1) is 0 Å². The van der Waals surface area contributed by atoms with Crippen molar-refractivity contribution in [1.82, 2.24) is 15.1 Å². The van der Waals surface area contributed by atoms with E-state index in [-0.39, 0.29) is 25.0 Å². The van der Waals surface area contributed by atoms with Gasteiger partial charge in [-0.25, -0.2) is 4.79 Å². The topological polar surface area (TPSA) is 79.0 Å². The van der Waals surface area contributed by atoms with Gasteiger partial charge in [0.2, 0.25) is 5.91 Å². The van der Waals surface area contributed by atoms with Crippen molar-refractivity contribution >= 4 is 29.4 Å². The van der Waals surface area contributed by atoms with Crippen LogP contribution in [0.5, 0.6) is 5.75 Å². The summed E-state index contributed by atoms with van der Waals surface area (Å²) in [6.45, 7) is 0.269. The van der Waals surface area contributed by atoms with Gasteiger partial charge in [-0.05, 0) is 48.6 Å². The highest BCUT2D eigenvalue weighted by molar-refractivity contribution is 6.30. The summed E-state index contributed by atoms with van der Waals surface area (Å²) >= 11 is 5.93. The Labute approximate surface area is 185 Å². The van der Waals surface area contributed by atoms with Crippen LogP contribution in [0.15, 0.2) is 48.5 Å². The van der Waals surface area contributed by atoms with Crippen molar-refractivity contribution in [1.29, 1.82) is 0 Å². The second kappa shape index (κ2) is 8.59. The number of amides is 4. The van der Waals surface area contributed by atoms with Crippen molar-refractivity contribution in [2.45, 2.75) is 24.8 Å². The molecule has 1 aliphatic heterocycles. The van der Waals surface area contributed by atoms with Crippen LogP contribution in [0.25, 0.3) is 0 Å². The fourth-order valence-electron chi connectivity index (χ4n) is 4.19. The number of nitrogens with zero attached hydrogens (tertiary/aromatic N) is 2. The molecule has 1 atom stereocenters. The smallest absolute Gasteiger partial charge is 0.325 e. The molecule has 1 N–H and O–H groups in total. The molecule has 1 fully saturated rings. The maximum absolute atomic E-state index is 13.3. The van der Waals surface area contributed by atoms with Crippen LogP contribution in [0, 0.1) is 0 Å². The molecule has 2 aromatic carbocycles. The summed E-state index contributed by atoms with van der Waals surface area (Å²) in [5, 5.41) is 3.44. The lowest BCUT2D eigenvalue weighted by Gasteiger charge is -2.33. The van der Waals surface area contributed by atoms with Gasteiger partial charge in [0.15, 0.2) is 0 Å². The van der Waals surface area contributed by atoms with E-state index in [2.05, 4.69) is 5.32 Å². The molecule has 31 heavy (non-hydrogen) atoms. The lowest BCUT2D eigenvalue weighted by atomic mass is 9.76. The molecule has 0 aromatic heterocycles. The van der Waals surface area contributed by atoms with E-state index in [1.54, 1.807) is 31.3 Å². The Bertz CT molecular complexity index is 1030. The summed E-state index contributed by atoms with van der Waals surface area (Å²) in [5.74, 6) is -0.0822. The molecule has 1 heterocycles. The van der Waals surface area contributed by atoms with E-state index >= 15 is 0 Å². The Balaban J connectivity index is 1.38. The largest absolute Gasteiger partial charge is 0.492 e. The van der Waals surface area contributed by atoms with Gasteiger partial charge in [-0.3, -0.25) is 14.5 Å². The molecule has 1 aliphatic carbocycles. The number of aryl methyl sites for hydroxylation is 1. The zero-order valence-electron chi connectivity index (χ0n) is 17.3. The Kier molecular flexibility index (Phi) is 5.87. The van der Waals surface area contributed by atoms with Crippen molar-refractivity contribution in [3.05, 3.63) is 64.7 Å². The minimum Gasteiger partial charge on any atom is -0.492 e. The highest BCUT2D eigenvalue weighted by Gasteiger charge is 2.54. The summed E-state index contributed by atoms with van der Waals surface area (Å²) in [5.41, 5.74) is 0.823. The Morgan fingerprint density at radius 3 is 2.84 bits per heavy atom. The predicted octanol–water partition coefficient (Wildman–Crippen LogP) is 2.96. The average molecular weight is 442 g/mol. The number of halogens is 1. The van der Waals surface area contributed by atoms with Gasteiger partial charge in [-0.2, -0.15) is 0 Å². The molecule has 1 unspecified atom stereocenters. The van der Waals surface area contributed by atoms with Crippen LogP contribution in [-0.2, 0) is 21.5 Å². The molecular weight excluding hydrogens is 418 g/mol. The summed E-state index contributed by atoms with van der Waals surface area (Å²) in [4.78, 5) is 41.1. The number of rotatable bonds is 6. The minimum atomic E-state index is -1.07. The fourth-order valence-corrected chi connectivity index (χ4v) is 4.37. The average Bonchev–Trinajstić information content (AvgIpc) is 2.98.